The molecule has 174 valence electrons. The van der Waals surface area contributed by atoms with Crippen LogP contribution in [0.5, 0.6) is 11.5 Å². The summed E-state index contributed by atoms with van der Waals surface area (Å²) in [6.07, 6.45) is 1.54. The number of aromatic hydroxyl groups is 1. The first-order valence-corrected chi connectivity index (χ1v) is 11.7. The van der Waals surface area contributed by atoms with Crippen molar-refractivity contribution < 1.29 is 23.1 Å². The number of carbonyl (C=O) groups is 1. The zero-order valence-electron chi connectivity index (χ0n) is 17.9. The van der Waals surface area contributed by atoms with Gasteiger partial charge in [0.1, 0.15) is 12.4 Å². The smallest absolute Gasteiger partial charge is 0.238 e. The number of hydrogen-bond donors (Lipinski definition) is 4. The number of sulfonamides is 1. The van der Waals surface area contributed by atoms with Crippen LogP contribution in [0.4, 0.5) is 11.5 Å². The fraction of sp³-hybridized carbons (Fsp3) is 0.0833. The number of hydrogen-bond acceptors (Lipinski definition) is 8. The van der Waals surface area contributed by atoms with Gasteiger partial charge in [-0.05, 0) is 47.3 Å². The molecule has 1 heterocycles. The van der Waals surface area contributed by atoms with Gasteiger partial charge in [-0.15, -0.1) is 0 Å². The average Bonchev–Trinajstić information content (AvgIpc) is 2.81. The standard InChI is InChI=1S/C24H22N4O5S/c25-24-20-12-22(21(30)11-16(20)9-10-27-24)33-14-18(29)13-28-17-7-5-15(6-8-17)19-3-1-2-4-23(19)34(26,31)32/h1-12,28,30H,13-14H2,(H2,25,27)(H2,26,31,32). The van der Waals surface area contributed by atoms with Crippen molar-refractivity contribution in [3.05, 3.63) is 72.9 Å². The van der Waals surface area contributed by atoms with Crippen LogP contribution >= 0.6 is 0 Å². The second kappa shape index (κ2) is 9.38. The Morgan fingerprint density at radius 1 is 1.06 bits per heavy atom. The molecule has 0 aliphatic rings. The van der Waals surface area contributed by atoms with E-state index in [1.807, 2.05) is 0 Å². The van der Waals surface area contributed by atoms with Crippen molar-refractivity contribution in [1.29, 1.82) is 0 Å². The van der Waals surface area contributed by atoms with Gasteiger partial charge in [0.05, 0.1) is 11.4 Å². The first kappa shape index (κ1) is 23.0. The van der Waals surface area contributed by atoms with Crippen molar-refractivity contribution >= 4 is 38.1 Å². The second-order valence-corrected chi connectivity index (χ2v) is 9.07. The third-order valence-electron chi connectivity index (χ3n) is 5.14. The number of benzene rings is 3. The summed E-state index contributed by atoms with van der Waals surface area (Å²) in [4.78, 5) is 16.3. The van der Waals surface area contributed by atoms with Crippen LogP contribution in [-0.4, -0.2) is 37.4 Å². The number of phenols is 1. The molecule has 4 rings (SSSR count). The van der Waals surface area contributed by atoms with Gasteiger partial charge in [-0.1, -0.05) is 30.3 Å². The predicted octanol–water partition coefficient (Wildman–Crippen LogP) is 2.90. The van der Waals surface area contributed by atoms with Crippen LogP contribution in [0.2, 0.25) is 0 Å². The summed E-state index contributed by atoms with van der Waals surface area (Å²) in [5.74, 6) is 0.0837. The molecule has 6 N–H and O–H groups in total. The molecular formula is C24H22N4O5S. The van der Waals surface area contributed by atoms with Crippen LogP contribution in [0.15, 0.2) is 77.8 Å². The third-order valence-corrected chi connectivity index (χ3v) is 6.11. The maximum atomic E-state index is 12.3. The van der Waals surface area contributed by atoms with E-state index in [-0.39, 0.29) is 35.3 Å². The number of aromatic nitrogens is 1. The monoisotopic (exact) mass is 478 g/mol. The topological polar surface area (TPSA) is 158 Å². The largest absolute Gasteiger partial charge is 0.504 e. The lowest BCUT2D eigenvalue weighted by atomic mass is 10.1. The zero-order valence-corrected chi connectivity index (χ0v) is 18.7. The lowest BCUT2D eigenvalue weighted by Gasteiger charge is -2.11. The van der Waals surface area contributed by atoms with Crippen molar-refractivity contribution in [2.75, 3.05) is 24.2 Å². The lowest BCUT2D eigenvalue weighted by molar-refractivity contribution is -0.119. The number of pyridine rings is 1. The highest BCUT2D eigenvalue weighted by Crippen LogP contribution is 2.33. The van der Waals surface area contributed by atoms with E-state index in [9.17, 15) is 18.3 Å². The van der Waals surface area contributed by atoms with Gasteiger partial charge < -0.3 is 20.9 Å². The maximum Gasteiger partial charge on any atom is 0.238 e. The van der Waals surface area contributed by atoms with Crippen LogP contribution in [0.25, 0.3) is 21.9 Å². The Hall–Kier alpha value is -4.15. The van der Waals surface area contributed by atoms with Crippen LogP contribution < -0.4 is 20.9 Å². The Balaban J connectivity index is 1.38. The van der Waals surface area contributed by atoms with Gasteiger partial charge in [0.25, 0.3) is 0 Å². The molecule has 0 spiro atoms. The zero-order chi connectivity index (χ0) is 24.3. The number of ketones is 1. The molecule has 34 heavy (non-hydrogen) atoms. The Labute approximate surface area is 196 Å². The Kier molecular flexibility index (Phi) is 6.35. The molecule has 0 bridgehead atoms. The number of Topliss-reactive ketones (excluding diaryl/α,β-unsaturated/α-hetero) is 1. The van der Waals surface area contributed by atoms with E-state index in [1.54, 1.807) is 54.6 Å². The minimum atomic E-state index is -3.86. The van der Waals surface area contributed by atoms with Crippen molar-refractivity contribution in [3.8, 4) is 22.6 Å². The molecule has 0 aliphatic heterocycles. The van der Waals surface area contributed by atoms with Gasteiger partial charge >= 0.3 is 0 Å². The molecule has 0 saturated heterocycles. The molecule has 0 saturated carbocycles. The second-order valence-electron chi connectivity index (χ2n) is 7.54. The molecule has 0 radical (unpaired) electrons. The molecule has 0 atom stereocenters. The minimum absolute atomic E-state index is 0.00878. The van der Waals surface area contributed by atoms with Crippen LogP contribution in [-0.2, 0) is 14.8 Å². The minimum Gasteiger partial charge on any atom is -0.504 e. The summed E-state index contributed by atoms with van der Waals surface area (Å²) in [7, 11) is -3.86. The summed E-state index contributed by atoms with van der Waals surface area (Å²) in [6, 6.07) is 18.2. The van der Waals surface area contributed by atoms with E-state index >= 15 is 0 Å². The van der Waals surface area contributed by atoms with Gasteiger partial charge in [0.15, 0.2) is 17.3 Å². The SMILES string of the molecule is Nc1nccc2cc(O)c(OCC(=O)CNc3ccc(-c4ccccc4S(N)(=O)=O)cc3)cc12. The number of nitrogens with zero attached hydrogens (tertiary/aromatic N) is 1. The molecule has 0 amide bonds. The van der Waals surface area contributed by atoms with E-state index in [0.29, 0.717) is 33.4 Å². The van der Waals surface area contributed by atoms with Crippen molar-refractivity contribution in [3.63, 3.8) is 0 Å². The summed E-state index contributed by atoms with van der Waals surface area (Å²) < 4.78 is 29.1. The first-order valence-electron chi connectivity index (χ1n) is 10.2. The highest BCUT2D eigenvalue weighted by Gasteiger charge is 2.14. The number of fused-ring (bicyclic) bond motifs is 1. The molecule has 9 nitrogen and oxygen atoms in total. The van der Waals surface area contributed by atoms with Gasteiger partial charge in [-0.25, -0.2) is 18.5 Å². The summed E-state index contributed by atoms with van der Waals surface area (Å²) in [5, 5.41) is 19.8. The van der Waals surface area contributed by atoms with Gasteiger partial charge in [0, 0.05) is 22.8 Å². The number of anilines is 2. The van der Waals surface area contributed by atoms with E-state index in [1.165, 1.54) is 18.3 Å². The number of carbonyl (C=O) groups excluding carboxylic acids is 1. The number of nitrogens with two attached hydrogens (primary N) is 2. The summed E-state index contributed by atoms with van der Waals surface area (Å²) >= 11 is 0. The highest BCUT2D eigenvalue weighted by molar-refractivity contribution is 7.89. The van der Waals surface area contributed by atoms with Gasteiger partial charge in [-0.3, -0.25) is 4.79 Å². The van der Waals surface area contributed by atoms with Crippen LogP contribution in [0.3, 0.4) is 0 Å². The van der Waals surface area contributed by atoms with Crippen LogP contribution in [0, 0.1) is 0 Å². The molecular weight excluding hydrogens is 456 g/mol. The molecule has 10 heteroatoms. The molecule has 4 aromatic rings. The summed E-state index contributed by atoms with van der Waals surface area (Å²) in [6.45, 7) is -0.267. The molecule has 3 aromatic carbocycles. The number of nitrogens with one attached hydrogen (secondary N) is 1. The highest BCUT2D eigenvalue weighted by atomic mass is 32.2. The van der Waals surface area contributed by atoms with Crippen molar-refractivity contribution in [2.45, 2.75) is 4.90 Å². The first-order chi connectivity index (χ1) is 16.2. The van der Waals surface area contributed by atoms with E-state index in [4.69, 9.17) is 15.6 Å². The van der Waals surface area contributed by atoms with Gasteiger partial charge in [0.2, 0.25) is 10.0 Å². The third kappa shape index (κ3) is 5.08. The fourth-order valence-corrected chi connectivity index (χ4v) is 4.22. The number of primary sulfonamides is 1. The maximum absolute atomic E-state index is 12.3. The van der Waals surface area contributed by atoms with Gasteiger partial charge in [-0.2, -0.15) is 0 Å². The number of rotatable bonds is 8. The summed E-state index contributed by atoms with van der Waals surface area (Å²) in [5.41, 5.74) is 7.69. The normalized spacial score (nSPS) is 11.3. The van der Waals surface area contributed by atoms with E-state index in [0.717, 1.165) is 0 Å². The lowest BCUT2D eigenvalue weighted by Crippen LogP contribution is -2.20. The van der Waals surface area contributed by atoms with E-state index < -0.39 is 10.0 Å². The number of nitrogen functional groups attached to an aromatic ring is 1. The quantitative estimate of drug-likeness (QED) is 0.301. The van der Waals surface area contributed by atoms with E-state index in [2.05, 4.69) is 10.3 Å². The average molecular weight is 479 g/mol. The Morgan fingerprint density at radius 3 is 2.53 bits per heavy atom. The van der Waals surface area contributed by atoms with Crippen molar-refractivity contribution in [2.24, 2.45) is 5.14 Å². The number of phenolic OH excluding ortho intramolecular Hbond substituents is 1. The molecule has 1 aromatic heterocycles. The fourth-order valence-electron chi connectivity index (χ4n) is 3.46. The van der Waals surface area contributed by atoms with Crippen LogP contribution in [0.1, 0.15) is 0 Å². The Bertz CT molecular complexity index is 1470. The van der Waals surface area contributed by atoms with Crippen molar-refractivity contribution in [1.82, 2.24) is 4.98 Å². The Morgan fingerprint density at radius 2 is 1.79 bits per heavy atom. The predicted molar refractivity (Wildman–Crippen MR) is 130 cm³/mol. The molecule has 0 aliphatic carbocycles. The molecule has 0 unspecified atom stereocenters. The number of ether oxygens (including phenoxy) is 1. The molecule has 0 fully saturated rings.